The van der Waals surface area contributed by atoms with Gasteiger partial charge >= 0.3 is 0 Å². The Kier molecular flexibility index (Phi) is 5.53. The van der Waals surface area contributed by atoms with Gasteiger partial charge in [0.15, 0.2) is 9.84 Å². The van der Waals surface area contributed by atoms with Gasteiger partial charge in [-0.25, -0.2) is 13.4 Å². The van der Waals surface area contributed by atoms with Crippen LogP contribution in [0.4, 0.5) is 0 Å². The van der Waals surface area contributed by atoms with Crippen LogP contribution in [-0.2, 0) is 21.2 Å². The third kappa shape index (κ3) is 4.59. The monoisotopic (exact) mass is 375 g/mol. The maximum atomic E-state index is 12.1. The summed E-state index contributed by atoms with van der Waals surface area (Å²) in [5.74, 6) is 0.658. The summed E-state index contributed by atoms with van der Waals surface area (Å²) in [5, 5.41) is 6.04. The number of hydrogen-bond acceptors (Lipinski definition) is 6. The molecular formula is C18H21N3O4S. The average molecular weight is 375 g/mol. The van der Waals surface area contributed by atoms with Gasteiger partial charge in [0.2, 0.25) is 11.8 Å². The Morgan fingerprint density at radius 2 is 2.19 bits per heavy atom. The normalized spacial score (nSPS) is 17.0. The highest BCUT2D eigenvalue weighted by Gasteiger charge is 2.22. The SMILES string of the molecule is CS(=O)(=O)c1cccc(Oc2ncccc2CNC(=O)C2CCCN2)c1. The number of nitrogens with one attached hydrogen (secondary N) is 2. The molecule has 0 saturated carbocycles. The van der Waals surface area contributed by atoms with Crippen LogP contribution in [0.3, 0.4) is 0 Å². The van der Waals surface area contributed by atoms with Gasteiger partial charge in [0.1, 0.15) is 5.75 Å². The first-order chi connectivity index (χ1) is 12.4. The van der Waals surface area contributed by atoms with Crippen LogP contribution in [0.5, 0.6) is 11.6 Å². The van der Waals surface area contributed by atoms with Crippen LogP contribution in [0.25, 0.3) is 0 Å². The van der Waals surface area contributed by atoms with Crippen LogP contribution in [0, 0.1) is 0 Å². The third-order valence-electron chi connectivity index (χ3n) is 4.13. The second kappa shape index (κ2) is 7.84. The van der Waals surface area contributed by atoms with Gasteiger partial charge in [-0.3, -0.25) is 4.79 Å². The van der Waals surface area contributed by atoms with E-state index in [2.05, 4.69) is 15.6 Å². The predicted octanol–water partition coefficient (Wildman–Crippen LogP) is 1.65. The zero-order chi connectivity index (χ0) is 18.6. The van der Waals surface area contributed by atoms with Crippen molar-refractivity contribution in [1.29, 1.82) is 0 Å². The van der Waals surface area contributed by atoms with Crippen molar-refractivity contribution in [2.45, 2.75) is 30.3 Å². The summed E-state index contributed by atoms with van der Waals surface area (Å²) in [6, 6.07) is 9.66. The standard InChI is InChI=1S/C18H21N3O4S/c1-26(23,24)15-7-2-6-14(11-15)25-18-13(5-3-10-20-18)12-21-17(22)16-8-4-9-19-16/h2-3,5-7,10-11,16,19H,4,8-9,12H2,1H3,(H,21,22). The van der Waals surface area contributed by atoms with Gasteiger partial charge in [-0.1, -0.05) is 12.1 Å². The summed E-state index contributed by atoms with van der Waals surface area (Å²) in [4.78, 5) is 16.5. The molecule has 1 amide bonds. The number of rotatable bonds is 6. The van der Waals surface area contributed by atoms with E-state index in [0.29, 0.717) is 17.2 Å². The molecule has 1 aliphatic heterocycles. The van der Waals surface area contributed by atoms with Gasteiger partial charge in [-0.2, -0.15) is 0 Å². The van der Waals surface area contributed by atoms with Crippen LogP contribution in [-0.4, -0.2) is 38.2 Å². The molecule has 2 heterocycles. The summed E-state index contributed by atoms with van der Waals surface area (Å²) in [7, 11) is -3.32. The van der Waals surface area contributed by atoms with Crippen molar-refractivity contribution >= 4 is 15.7 Å². The minimum atomic E-state index is -3.32. The molecule has 7 nitrogen and oxygen atoms in total. The molecule has 1 atom stereocenters. The molecule has 1 aliphatic rings. The Hall–Kier alpha value is -2.45. The van der Waals surface area contributed by atoms with Gasteiger partial charge in [0.25, 0.3) is 0 Å². The van der Waals surface area contributed by atoms with E-state index in [0.717, 1.165) is 25.6 Å². The van der Waals surface area contributed by atoms with Gasteiger partial charge in [0.05, 0.1) is 10.9 Å². The Labute approximate surface area is 152 Å². The molecule has 8 heteroatoms. The molecule has 0 bridgehead atoms. The summed E-state index contributed by atoms with van der Waals surface area (Å²) < 4.78 is 29.1. The summed E-state index contributed by atoms with van der Waals surface area (Å²) >= 11 is 0. The fraction of sp³-hybridized carbons (Fsp3) is 0.333. The largest absolute Gasteiger partial charge is 0.439 e. The molecule has 0 spiro atoms. The number of nitrogens with zero attached hydrogens (tertiary/aromatic N) is 1. The number of ether oxygens (including phenoxy) is 1. The van der Waals surface area contributed by atoms with E-state index in [-0.39, 0.29) is 23.4 Å². The van der Waals surface area contributed by atoms with E-state index in [9.17, 15) is 13.2 Å². The molecule has 3 rings (SSSR count). The van der Waals surface area contributed by atoms with E-state index in [4.69, 9.17) is 4.74 Å². The lowest BCUT2D eigenvalue weighted by molar-refractivity contribution is -0.122. The maximum Gasteiger partial charge on any atom is 0.237 e. The molecular weight excluding hydrogens is 354 g/mol. The summed E-state index contributed by atoms with van der Waals surface area (Å²) in [6.07, 6.45) is 4.56. The third-order valence-corrected chi connectivity index (χ3v) is 5.24. The lowest BCUT2D eigenvalue weighted by Gasteiger charge is -2.13. The number of carbonyl (C=O) groups excluding carboxylic acids is 1. The highest BCUT2D eigenvalue weighted by atomic mass is 32.2. The van der Waals surface area contributed by atoms with Crippen molar-refractivity contribution < 1.29 is 17.9 Å². The summed E-state index contributed by atoms with van der Waals surface area (Å²) in [6.45, 7) is 1.14. The molecule has 1 saturated heterocycles. The molecule has 1 unspecified atom stereocenters. The van der Waals surface area contributed by atoms with Crippen LogP contribution < -0.4 is 15.4 Å². The minimum Gasteiger partial charge on any atom is -0.439 e. The molecule has 1 fully saturated rings. The predicted molar refractivity (Wildman–Crippen MR) is 96.7 cm³/mol. The average Bonchev–Trinajstić information content (AvgIpc) is 3.15. The summed E-state index contributed by atoms with van der Waals surface area (Å²) in [5.41, 5.74) is 0.712. The van der Waals surface area contributed by atoms with Crippen LogP contribution in [0.2, 0.25) is 0 Å². The van der Waals surface area contributed by atoms with Crippen molar-refractivity contribution in [2.24, 2.45) is 0 Å². The molecule has 0 aliphatic carbocycles. The molecule has 26 heavy (non-hydrogen) atoms. The molecule has 2 aromatic rings. The highest BCUT2D eigenvalue weighted by molar-refractivity contribution is 7.90. The van der Waals surface area contributed by atoms with Gasteiger partial charge in [-0.05, 0) is 43.7 Å². The number of pyridine rings is 1. The van der Waals surface area contributed by atoms with Crippen molar-refractivity contribution in [3.63, 3.8) is 0 Å². The van der Waals surface area contributed by atoms with Crippen LogP contribution in [0.1, 0.15) is 18.4 Å². The number of sulfone groups is 1. The quantitative estimate of drug-likeness (QED) is 0.797. The number of carbonyl (C=O) groups is 1. The van der Waals surface area contributed by atoms with Crippen molar-refractivity contribution in [3.05, 3.63) is 48.2 Å². The van der Waals surface area contributed by atoms with Gasteiger partial charge < -0.3 is 15.4 Å². The maximum absolute atomic E-state index is 12.1. The molecule has 1 aromatic carbocycles. The topological polar surface area (TPSA) is 97.4 Å². The van der Waals surface area contributed by atoms with Crippen molar-refractivity contribution in [3.8, 4) is 11.6 Å². The van der Waals surface area contributed by atoms with Gasteiger partial charge in [-0.15, -0.1) is 0 Å². The Bertz CT molecular complexity index is 893. The smallest absolute Gasteiger partial charge is 0.237 e. The second-order valence-electron chi connectivity index (χ2n) is 6.18. The molecule has 138 valence electrons. The van der Waals surface area contributed by atoms with E-state index >= 15 is 0 Å². The Morgan fingerprint density at radius 1 is 1.35 bits per heavy atom. The van der Waals surface area contributed by atoms with E-state index in [1.165, 1.54) is 12.1 Å². The van der Waals surface area contributed by atoms with E-state index < -0.39 is 9.84 Å². The zero-order valence-electron chi connectivity index (χ0n) is 14.4. The van der Waals surface area contributed by atoms with E-state index in [1.54, 1.807) is 24.4 Å². The fourth-order valence-electron chi connectivity index (χ4n) is 2.74. The lowest BCUT2D eigenvalue weighted by atomic mass is 10.2. The molecule has 1 aromatic heterocycles. The first kappa shape index (κ1) is 18.3. The second-order valence-corrected chi connectivity index (χ2v) is 8.20. The lowest BCUT2D eigenvalue weighted by Crippen LogP contribution is -2.40. The fourth-order valence-corrected chi connectivity index (χ4v) is 3.40. The minimum absolute atomic E-state index is 0.0450. The first-order valence-corrected chi connectivity index (χ1v) is 10.3. The van der Waals surface area contributed by atoms with Gasteiger partial charge in [0, 0.05) is 24.6 Å². The van der Waals surface area contributed by atoms with Crippen LogP contribution in [0.15, 0.2) is 47.5 Å². The zero-order valence-corrected chi connectivity index (χ0v) is 15.3. The van der Waals surface area contributed by atoms with E-state index in [1.807, 2.05) is 6.07 Å². The van der Waals surface area contributed by atoms with Crippen LogP contribution >= 0.6 is 0 Å². The highest BCUT2D eigenvalue weighted by Crippen LogP contribution is 2.25. The molecule has 2 N–H and O–H groups in total. The number of benzene rings is 1. The van der Waals surface area contributed by atoms with Crippen molar-refractivity contribution in [2.75, 3.05) is 12.8 Å². The number of amides is 1. The molecule has 0 radical (unpaired) electrons. The Morgan fingerprint density at radius 3 is 2.92 bits per heavy atom. The number of hydrogen-bond donors (Lipinski definition) is 2. The Balaban J connectivity index is 1.72. The number of aromatic nitrogens is 1. The first-order valence-electron chi connectivity index (χ1n) is 8.36. The van der Waals surface area contributed by atoms with Crippen molar-refractivity contribution in [1.82, 2.24) is 15.6 Å².